The van der Waals surface area contributed by atoms with Gasteiger partial charge in [0.1, 0.15) is 5.01 Å². The van der Waals surface area contributed by atoms with Crippen molar-refractivity contribution in [2.75, 3.05) is 5.32 Å². The maximum Gasteiger partial charge on any atom is 0.234 e. The van der Waals surface area contributed by atoms with E-state index in [-0.39, 0.29) is 12.3 Å². The van der Waals surface area contributed by atoms with Crippen LogP contribution in [0.15, 0.2) is 48.5 Å². The molecule has 8 heteroatoms. The maximum absolute atomic E-state index is 12.3. The van der Waals surface area contributed by atoms with Gasteiger partial charge >= 0.3 is 0 Å². The molecule has 2 aromatic heterocycles. The second-order valence-corrected chi connectivity index (χ2v) is 7.40. The summed E-state index contributed by atoms with van der Waals surface area (Å²) in [5.74, 6) is 0.751. The van der Waals surface area contributed by atoms with E-state index in [1.54, 1.807) is 16.6 Å². The number of benzene rings is 2. The Hall–Kier alpha value is -2.77. The number of carbonyl (C=O) groups is 1. The molecule has 0 bridgehead atoms. The molecule has 0 spiro atoms. The van der Waals surface area contributed by atoms with Crippen LogP contribution in [-0.4, -0.2) is 25.7 Å². The van der Waals surface area contributed by atoms with E-state index in [0.29, 0.717) is 5.02 Å². The Kier molecular flexibility index (Phi) is 4.87. The average Bonchev–Trinajstić information content (AvgIpc) is 3.24. The number of rotatable bonds is 5. The molecule has 2 aromatic carbocycles. The summed E-state index contributed by atoms with van der Waals surface area (Å²) in [6.07, 6.45) is 1.06. The third kappa shape index (κ3) is 3.84. The molecule has 0 radical (unpaired) electrons. The lowest BCUT2D eigenvalue weighted by Crippen LogP contribution is -2.14. The zero-order valence-corrected chi connectivity index (χ0v) is 16.1. The Morgan fingerprint density at radius 2 is 2.00 bits per heavy atom. The molecule has 0 saturated heterocycles. The Bertz CT molecular complexity index is 1100. The number of amides is 1. The second-order valence-electron chi connectivity index (χ2n) is 6.00. The number of carbonyl (C=O) groups excluding carboxylic acids is 1. The Balaban J connectivity index is 1.52. The van der Waals surface area contributed by atoms with Gasteiger partial charge in [0.05, 0.1) is 6.42 Å². The highest BCUT2D eigenvalue weighted by atomic mass is 35.5. The molecular weight excluding hydrogens is 382 g/mol. The van der Waals surface area contributed by atoms with Gasteiger partial charge in [-0.2, -0.15) is 9.61 Å². The molecule has 0 aliphatic rings. The predicted molar refractivity (Wildman–Crippen MR) is 107 cm³/mol. The predicted octanol–water partition coefficient (Wildman–Crippen LogP) is 4.25. The minimum Gasteiger partial charge on any atom is -0.326 e. The van der Waals surface area contributed by atoms with Crippen LogP contribution in [0.4, 0.5) is 5.69 Å². The zero-order valence-electron chi connectivity index (χ0n) is 14.5. The van der Waals surface area contributed by atoms with Crippen LogP contribution in [0.1, 0.15) is 18.3 Å². The van der Waals surface area contributed by atoms with Crippen LogP contribution in [0.5, 0.6) is 0 Å². The Morgan fingerprint density at radius 1 is 1.19 bits per heavy atom. The largest absolute Gasteiger partial charge is 0.326 e. The quantitative estimate of drug-likeness (QED) is 0.546. The molecule has 2 heterocycles. The first kappa shape index (κ1) is 17.6. The van der Waals surface area contributed by atoms with Crippen molar-refractivity contribution < 1.29 is 4.79 Å². The molecule has 0 atom stereocenters. The first-order chi connectivity index (χ1) is 13.1. The summed E-state index contributed by atoms with van der Waals surface area (Å²) in [6, 6.07) is 14.9. The SMILES string of the molecule is CCc1nnc2sc(-c3cccc(NC(=O)Cc4ccc(Cl)cc4)c3)nn12. The van der Waals surface area contributed by atoms with Gasteiger partial charge < -0.3 is 5.32 Å². The van der Waals surface area contributed by atoms with Crippen molar-refractivity contribution in [2.45, 2.75) is 19.8 Å². The molecule has 0 unspecified atom stereocenters. The summed E-state index contributed by atoms with van der Waals surface area (Å²) in [7, 11) is 0. The molecule has 27 heavy (non-hydrogen) atoms. The summed E-state index contributed by atoms with van der Waals surface area (Å²) in [6.45, 7) is 2.02. The van der Waals surface area contributed by atoms with E-state index in [0.717, 1.165) is 39.0 Å². The van der Waals surface area contributed by atoms with Crippen LogP contribution in [0.25, 0.3) is 15.5 Å². The molecule has 0 fully saturated rings. The smallest absolute Gasteiger partial charge is 0.234 e. The van der Waals surface area contributed by atoms with Crippen molar-refractivity contribution in [3.8, 4) is 10.6 Å². The van der Waals surface area contributed by atoms with Gasteiger partial charge in [0.25, 0.3) is 0 Å². The lowest BCUT2D eigenvalue weighted by molar-refractivity contribution is -0.115. The van der Waals surface area contributed by atoms with E-state index in [9.17, 15) is 4.79 Å². The number of hydrogen-bond donors (Lipinski definition) is 1. The average molecular weight is 398 g/mol. The molecule has 0 aliphatic heterocycles. The number of aryl methyl sites for hydroxylation is 1. The number of aromatic nitrogens is 4. The summed E-state index contributed by atoms with van der Waals surface area (Å²) < 4.78 is 1.77. The third-order valence-electron chi connectivity index (χ3n) is 4.04. The van der Waals surface area contributed by atoms with Gasteiger partial charge in [-0.25, -0.2) is 0 Å². The number of fused-ring (bicyclic) bond motifs is 1. The van der Waals surface area contributed by atoms with Crippen molar-refractivity contribution in [3.63, 3.8) is 0 Å². The van der Waals surface area contributed by atoms with Crippen molar-refractivity contribution in [3.05, 3.63) is 64.9 Å². The van der Waals surface area contributed by atoms with Crippen molar-refractivity contribution in [1.82, 2.24) is 19.8 Å². The van der Waals surface area contributed by atoms with Gasteiger partial charge in [-0.15, -0.1) is 10.2 Å². The summed E-state index contributed by atoms with van der Waals surface area (Å²) >= 11 is 7.35. The van der Waals surface area contributed by atoms with Crippen molar-refractivity contribution in [1.29, 1.82) is 0 Å². The van der Waals surface area contributed by atoms with E-state index >= 15 is 0 Å². The molecule has 1 amide bonds. The number of nitrogens with one attached hydrogen (secondary N) is 1. The summed E-state index contributed by atoms with van der Waals surface area (Å²) in [5, 5.41) is 17.3. The van der Waals surface area contributed by atoms with Gasteiger partial charge in [-0.3, -0.25) is 4.79 Å². The normalized spacial score (nSPS) is 11.0. The molecule has 6 nitrogen and oxygen atoms in total. The highest BCUT2D eigenvalue weighted by Gasteiger charge is 2.12. The molecule has 4 aromatic rings. The van der Waals surface area contributed by atoms with E-state index in [1.165, 1.54) is 11.3 Å². The fourth-order valence-corrected chi connectivity index (χ4v) is 3.70. The molecule has 1 N–H and O–H groups in total. The number of hydrogen-bond acceptors (Lipinski definition) is 5. The first-order valence-electron chi connectivity index (χ1n) is 8.48. The van der Waals surface area contributed by atoms with Crippen LogP contribution in [0.2, 0.25) is 5.02 Å². The van der Waals surface area contributed by atoms with Crippen molar-refractivity contribution in [2.24, 2.45) is 0 Å². The van der Waals surface area contributed by atoms with E-state index in [1.807, 2.05) is 43.3 Å². The van der Waals surface area contributed by atoms with Crippen LogP contribution >= 0.6 is 22.9 Å². The molecule has 4 rings (SSSR count). The van der Waals surface area contributed by atoms with Crippen LogP contribution < -0.4 is 5.32 Å². The lowest BCUT2D eigenvalue weighted by Gasteiger charge is -2.07. The zero-order chi connectivity index (χ0) is 18.8. The van der Waals surface area contributed by atoms with E-state index in [4.69, 9.17) is 11.6 Å². The van der Waals surface area contributed by atoms with Gasteiger partial charge in [-0.05, 0) is 29.8 Å². The topological polar surface area (TPSA) is 72.2 Å². The van der Waals surface area contributed by atoms with E-state index < -0.39 is 0 Å². The fraction of sp³-hybridized carbons (Fsp3) is 0.158. The highest BCUT2D eigenvalue weighted by Crippen LogP contribution is 2.27. The second kappa shape index (κ2) is 7.46. The third-order valence-corrected chi connectivity index (χ3v) is 5.24. The monoisotopic (exact) mass is 397 g/mol. The highest BCUT2D eigenvalue weighted by molar-refractivity contribution is 7.19. The summed E-state index contributed by atoms with van der Waals surface area (Å²) in [5.41, 5.74) is 2.57. The van der Waals surface area contributed by atoms with Crippen LogP contribution in [-0.2, 0) is 17.6 Å². The fourth-order valence-electron chi connectivity index (χ4n) is 2.72. The van der Waals surface area contributed by atoms with E-state index in [2.05, 4.69) is 20.6 Å². The van der Waals surface area contributed by atoms with Gasteiger partial charge in [0, 0.05) is 22.7 Å². The number of nitrogens with zero attached hydrogens (tertiary/aromatic N) is 4. The van der Waals surface area contributed by atoms with Gasteiger partial charge in [-0.1, -0.05) is 54.1 Å². The Morgan fingerprint density at radius 3 is 2.78 bits per heavy atom. The summed E-state index contributed by atoms with van der Waals surface area (Å²) in [4.78, 5) is 13.1. The van der Waals surface area contributed by atoms with Gasteiger partial charge in [0.15, 0.2) is 5.82 Å². The lowest BCUT2D eigenvalue weighted by atomic mass is 10.1. The van der Waals surface area contributed by atoms with Crippen molar-refractivity contribution >= 4 is 39.5 Å². The number of anilines is 1. The molecule has 0 saturated carbocycles. The van der Waals surface area contributed by atoms with Gasteiger partial charge in [0.2, 0.25) is 10.9 Å². The maximum atomic E-state index is 12.3. The molecule has 136 valence electrons. The minimum absolute atomic E-state index is 0.0825. The first-order valence-corrected chi connectivity index (χ1v) is 9.67. The molecular formula is C19H16ClN5OS. The standard InChI is InChI=1S/C19H16ClN5OS/c1-2-16-22-23-19-25(16)24-18(27-19)13-4-3-5-15(11-13)21-17(26)10-12-6-8-14(20)9-7-12/h3-9,11H,2,10H2,1H3,(H,21,26). The minimum atomic E-state index is -0.0825. The molecule has 0 aliphatic carbocycles. The van der Waals surface area contributed by atoms with Crippen LogP contribution in [0, 0.1) is 0 Å². The Labute approximate surface area is 164 Å². The van der Waals surface area contributed by atoms with Crippen LogP contribution in [0.3, 0.4) is 0 Å². The number of halogens is 1.